The second kappa shape index (κ2) is 7.84. The average molecular weight is 504 g/mol. The number of hydrogen-bond acceptors (Lipinski definition) is 4. The zero-order valence-corrected chi connectivity index (χ0v) is 19.7. The number of carbonyl (C=O) groups is 1. The van der Waals surface area contributed by atoms with Crippen LogP contribution in [0.5, 0.6) is 0 Å². The molecule has 6 rings (SSSR count). The molecule has 0 aliphatic heterocycles. The number of imidazole rings is 2. The van der Waals surface area contributed by atoms with Gasteiger partial charge in [-0.1, -0.05) is 15.9 Å². The molecule has 166 valence electrons. The van der Waals surface area contributed by atoms with Crippen molar-refractivity contribution >= 4 is 33.0 Å². The van der Waals surface area contributed by atoms with Gasteiger partial charge in [0.15, 0.2) is 0 Å². The first-order valence-corrected chi connectivity index (χ1v) is 11.7. The average Bonchev–Trinajstić information content (AvgIpc) is 3.21. The Balaban J connectivity index is 1.14. The minimum Gasteiger partial charge on any atom is -0.346 e. The van der Waals surface area contributed by atoms with Crippen molar-refractivity contribution < 1.29 is 4.79 Å². The maximum atomic E-state index is 12.7. The lowest BCUT2D eigenvalue weighted by Gasteiger charge is -2.04. The third-order valence-corrected chi connectivity index (χ3v) is 6.62. The summed E-state index contributed by atoms with van der Waals surface area (Å²) in [5, 5.41) is 7.30. The molecule has 1 fully saturated rings. The van der Waals surface area contributed by atoms with E-state index in [0.717, 1.165) is 27.0 Å². The van der Waals surface area contributed by atoms with E-state index in [2.05, 4.69) is 54.9 Å². The van der Waals surface area contributed by atoms with Crippen LogP contribution in [-0.2, 0) is 13.1 Å². The van der Waals surface area contributed by atoms with Crippen LogP contribution in [0.1, 0.15) is 51.6 Å². The van der Waals surface area contributed by atoms with Crippen LogP contribution in [0.15, 0.2) is 60.0 Å². The molecule has 9 heteroatoms. The molecule has 0 unspecified atom stereocenters. The van der Waals surface area contributed by atoms with Crippen molar-refractivity contribution in [1.82, 2.24) is 33.9 Å². The van der Waals surface area contributed by atoms with Gasteiger partial charge in [0, 0.05) is 29.3 Å². The van der Waals surface area contributed by atoms with E-state index < -0.39 is 0 Å². The predicted molar refractivity (Wildman–Crippen MR) is 127 cm³/mol. The number of amides is 1. The third kappa shape index (κ3) is 3.93. The number of fused-ring (bicyclic) bond motifs is 2. The first kappa shape index (κ1) is 20.2. The highest BCUT2D eigenvalue weighted by Crippen LogP contribution is 2.41. The van der Waals surface area contributed by atoms with Gasteiger partial charge in [-0.05, 0) is 55.0 Å². The molecule has 1 amide bonds. The second-order valence-electron chi connectivity index (χ2n) is 8.62. The van der Waals surface area contributed by atoms with E-state index in [9.17, 15) is 4.79 Å². The molecule has 8 nitrogen and oxygen atoms in total. The summed E-state index contributed by atoms with van der Waals surface area (Å²) >= 11 is 3.48. The molecule has 1 aliphatic carbocycles. The Labute approximate surface area is 198 Å². The molecule has 0 atom stereocenters. The molecule has 0 aromatic carbocycles. The van der Waals surface area contributed by atoms with E-state index in [1.807, 2.05) is 28.9 Å². The first-order valence-electron chi connectivity index (χ1n) is 10.9. The van der Waals surface area contributed by atoms with Crippen molar-refractivity contribution in [2.75, 3.05) is 0 Å². The summed E-state index contributed by atoms with van der Waals surface area (Å²) in [6, 6.07) is 6.08. The Morgan fingerprint density at radius 3 is 2.94 bits per heavy atom. The summed E-state index contributed by atoms with van der Waals surface area (Å²) in [6.45, 7) is 3.00. The van der Waals surface area contributed by atoms with Gasteiger partial charge in [-0.2, -0.15) is 5.10 Å². The van der Waals surface area contributed by atoms with Crippen LogP contribution in [0, 0.1) is 6.92 Å². The molecule has 1 aliphatic rings. The van der Waals surface area contributed by atoms with Crippen molar-refractivity contribution in [1.29, 1.82) is 0 Å². The Morgan fingerprint density at radius 1 is 1.21 bits per heavy atom. The molecular formula is C24H22BrN7O. The van der Waals surface area contributed by atoms with Crippen molar-refractivity contribution in [3.8, 4) is 0 Å². The molecule has 1 saturated carbocycles. The smallest absolute Gasteiger partial charge is 0.254 e. The summed E-state index contributed by atoms with van der Waals surface area (Å²) in [7, 11) is 0. The van der Waals surface area contributed by atoms with Gasteiger partial charge < -0.3 is 14.1 Å². The highest BCUT2D eigenvalue weighted by Gasteiger charge is 2.25. The second-order valence-corrected chi connectivity index (χ2v) is 9.54. The fourth-order valence-corrected chi connectivity index (χ4v) is 4.58. The number of nitrogens with one attached hydrogen (secondary N) is 1. The molecule has 33 heavy (non-hydrogen) atoms. The zero-order chi connectivity index (χ0) is 22.5. The topological polar surface area (TPSA) is 81.5 Å². The zero-order valence-electron chi connectivity index (χ0n) is 18.1. The summed E-state index contributed by atoms with van der Waals surface area (Å²) < 4.78 is 6.74. The predicted octanol–water partition coefficient (Wildman–Crippen LogP) is 4.11. The number of rotatable bonds is 6. The Hall–Kier alpha value is -3.46. The number of aryl methyl sites for hydroxylation is 1. The molecular weight excluding hydrogens is 482 g/mol. The Morgan fingerprint density at radius 2 is 2.09 bits per heavy atom. The Kier molecular flexibility index (Phi) is 4.79. The quantitative estimate of drug-likeness (QED) is 0.378. The number of nitrogens with zero attached hydrogens (tertiary/aromatic N) is 6. The van der Waals surface area contributed by atoms with Crippen LogP contribution in [0.25, 0.3) is 11.2 Å². The minimum atomic E-state index is -0.183. The van der Waals surface area contributed by atoms with Crippen LogP contribution in [0.2, 0.25) is 0 Å². The number of pyridine rings is 2. The van der Waals surface area contributed by atoms with Crippen molar-refractivity contribution in [2.45, 2.75) is 38.8 Å². The van der Waals surface area contributed by atoms with Gasteiger partial charge in [0.25, 0.3) is 5.91 Å². The fraction of sp³-hybridized carbons (Fsp3) is 0.250. The van der Waals surface area contributed by atoms with Gasteiger partial charge in [0.1, 0.15) is 5.65 Å². The lowest BCUT2D eigenvalue weighted by Crippen LogP contribution is -2.22. The summed E-state index contributed by atoms with van der Waals surface area (Å²) in [5.74, 6) is 0.520. The van der Waals surface area contributed by atoms with Crippen LogP contribution >= 0.6 is 15.9 Å². The maximum Gasteiger partial charge on any atom is 0.254 e. The molecule has 1 N–H and O–H groups in total. The highest BCUT2D eigenvalue weighted by molar-refractivity contribution is 9.10. The van der Waals surface area contributed by atoms with Crippen molar-refractivity contribution in [3.05, 3.63) is 88.1 Å². The van der Waals surface area contributed by atoms with Gasteiger partial charge in [-0.3, -0.25) is 9.48 Å². The normalized spacial score (nSPS) is 13.8. The number of hydrogen-bond donors (Lipinski definition) is 1. The minimum absolute atomic E-state index is 0.183. The van der Waals surface area contributed by atoms with E-state index in [1.165, 1.54) is 24.0 Å². The van der Waals surface area contributed by atoms with E-state index in [-0.39, 0.29) is 5.91 Å². The standard InChI is InChI=1S/C24H22BrN7O/c1-15-6-23-29-19(11-31(23)13-20(15)16-2-3-16)12-32-10-17(8-28-32)24(33)26-9-21-22-7-18(25)4-5-30(22)14-27-21/h4-8,10-11,13-14,16H,2-3,9,12H2,1H3,(H,26,33). The lowest BCUT2D eigenvalue weighted by molar-refractivity contribution is 0.0950. The van der Waals surface area contributed by atoms with Crippen LogP contribution in [0.4, 0.5) is 0 Å². The SMILES string of the molecule is Cc1cc2nc(Cn3cc(C(=O)NCc4ncn5ccc(Br)cc45)cn3)cn2cc1C1CC1. The van der Waals surface area contributed by atoms with Crippen LogP contribution in [0.3, 0.4) is 0 Å². The summed E-state index contributed by atoms with van der Waals surface area (Å²) in [4.78, 5) is 21.8. The van der Waals surface area contributed by atoms with Crippen LogP contribution < -0.4 is 5.32 Å². The molecule has 5 aromatic heterocycles. The lowest BCUT2D eigenvalue weighted by atomic mass is 10.1. The maximum absolute atomic E-state index is 12.7. The van der Waals surface area contributed by atoms with Gasteiger partial charge in [0.05, 0.1) is 48.1 Å². The molecule has 5 heterocycles. The number of halogens is 1. The fourth-order valence-electron chi connectivity index (χ4n) is 4.25. The molecule has 0 spiro atoms. The van der Waals surface area contributed by atoms with E-state index in [1.54, 1.807) is 23.4 Å². The van der Waals surface area contributed by atoms with Crippen LogP contribution in [-0.4, -0.2) is 34.5 Å². The number of aromatic nitrogens is 6. The van der Waals surface area contributed by atoms with E-state index >= 15 is 0 Å². The summed E-state index contributed by atoms with van der Waals surface area (Å²) in [6.07, 6.45) is 13.8. The van der Waals surface area contributed by atoms with Gasteiger partial charge in [-0.15, -0.1) is 0 Å². The molecule has 0 bridgehead atoms. The third-order valence-electron chi connectivity index (χ3n) is 6.12. The van der Waals surface area contributed by atoms with Gasteiger partial charge in [0.2, 0.25) is 0 Å². The van der Waals surface area contributed by atoms with Crippen molar-refractivity contribution in [2.24, 2.45) is 0 Å². The molecule has 5 aromatic rings. The van der Waals surface area contributed by atoms with E-state index in [0.29, 0.717) is 24.6 Å². The van der Waals surface area contributed by atoms with Crippen molar-refractivity contribution in [3.63, 3.8) is 0 Å². The van der Waals surface area contributed by atoms with Gasteiger partial charge >= 0.3 is 0 Å². The highest BCUT2D eigenvalue weighted by atomic mass is 79.9. The first-order chi connectivity index (χ1) is 16.0. The van der Waals surface area contributed by atoms with Gasteiger partial charge in [-0.25, -0.2) is 9.97 Å². The Bertz CT molecular complexity index is 1510. The molecule has 0 saturated heterocycles. The molecule has 0 radical (unpaired) electrons. The summed E-state index contributed by atoms with van der Waals surface area (Å²) in [5.41, 5.74) is 6.84. The van der Waals surface area contributed by atoms with E-state index in [4.69, 9.17) is 4.98 Å². The monoisotopic (exact) mass is 503 g/mol. The largest absolute Gasteiger partial charge is 0.346 e. The number of carbonyl (C=O) groups excluding carboxylic acids is 1.